The Kier molecular flexibility index (Phi) is 5.34. The van der Waals surface area contributed by atoms with E-state index in [1.54, 1.807) is 12.1 Å². The molecular weight excluding hydrogens is 330 g/mol. The van der Waals surface area contributed by atoms with Crippen molar-refractivity contribution >= 4 is 5.91 Å². The lowest BCUT2D eigenvalue weighted by Gasteiger charge is -2.05. The summed E-state index contributed by atoms with van der Waals surface area (Å²) in [6, 6.07) is 14.5. The molecule has 0 atom stereocenters. The van der Waals surface area contributed by atoms with Crippen LogP contribution in [0.3, 0.4) is 0 Å². The van der Waals surface area contributed by atoms with Gasteiger partial charge in [0.2, 0.25) is 0 Å². The highest BCUT2D eigenvalue weighted by Crippen LogP contribution is 2.19. The second-order valence-corrected chi connectivity index (χ2v) is 6.21. The van der Waals surface area contributed by atoms with E-state index >= 15 is 0 Å². The molecule has 2 aromatic carbocycles. The third-order valence-electron chi connectivity index (χ3n) is 4.30. The number of phenols is 1. The van der Waals surface area contributed by atoms with Crippen LogP contribution >= 0.6 is 0 Å². The molecule has 0 aliphatic rings. The molecule has 6 heteroatoms. The maximum absolute atomic E-state index is 12.0. The predicted molar refractivity (Wildman–Crippen MR) is 97.8 cm³/mol. The van der Waals surface area contributed by atoms with Crippen molar-refractivity contribution in [1.29, 1.82) is 0 Å². The number of aromatic nitrogens is 2. The van der Waals surface area contributed by atoms with Gasteiger partial charge >= 0.3 is 0 Å². The maximum atomic E-state index is 12.0. The molecule has 0 saturated carbocycles. The summed E-state index contributed by atoms with van der Waals surface area (Å²) in [6.07, 6.45) is 1.74. The van der Waals surface area contributed by atoms with Crippen LogP contribution in [0.2, 0.25) is 0 Å². The van der Waals surface area contributed by atoms with Crippen LogP contribution < -0.4 is 5.73 Å². The highest BCUT2D eigenvalue weighted by molar-refractivity contribution is 5.95. The molecule has 3 rings (SSSR count). The molecule has 0 aliphatic carbocycles. The van der Waals surface area contributed by atoms with Crippen molar-refractivity contribution in [3.63, 3.8) is 0 Å². The Balaban J connectivity index is 1.79. The van der Waals surface area contributed by atoms with Gasteiger partial charge in [0.05, 0.1) is 23.6 Å². The summed E-state index contributed by atoms with van der Waals surface area (Å²) >= 11 is 0. The number of amides is 1. The normalized spacial score (nSPS) is 10.8. The Morgan fingerprint density at radius 2 is 1.77 bits per heavy atom. The van der Waals surface area contributed by atoms with Gasteiger partial charge in [0, 0.05) is 6.42 Å². The van der Waals surface area contributed by atoms with Crippen molar-refractivity contribution in [3.05, 3.63) is 82.2 Å². The number of rotatable bonds is 7. The third kappa shape index (κ3) is 4.10. The van der Waals surface area contributed by atoms with Crippen LogP contribution in [0.5, 0.6) is 5.75 Å². The number of nitrogens with two attached hydrogens (primary N) is 1. The Morgan fingerprint density at radius 1 is 1.04 bits per heavy atom. The highest BCUT2D eigenvalue weighted by Gasteiger charge is 2.18. The molecule has 26 heavy (non-hydrogen) atoms. The van der Waals surface area contributed by atoms with Crippen LogP contribution in [0.1, 0.15) is 38.4 Å². The summed E-state index contributed by atoms with van der Waals surface area (Å²) < 4.78 is 0. The summed E-state index contributed by atoms with van der Waals surface area (Å²) in [5.74, 6) is -0.286. The lowest BCUT2D eigenvalue weighted by molar-refractivity contribution is 0.0998. The van der Waals surface area contributed by atoms with Crippen LogP contribution in [0.25, 0.3) is 0 Å². The molecule has 0 aliphatic heterocycles. The second kappa shape index (κ2) is 7.84. The monoisotopic (exact) mass is 351 g/mol. The van der Waals surface area contributed by atoms with Crippen molar-refractivity contribution in [3.8, 4) is 5.75 Å². The van der Waals surface area contributed by atoms with Gasteiger partial charge in [-0.25, -0.2) is 0 Å². The standard InChI is InChI=1S/C20H21N3O3/c21-20(26)19-17(9-6-13-4-7-16(25)8-5-13)22-23-18(19)11-14-2-1-3-15(10-14)12-24/h1-5,7-8,10,24-25H,6,9,11-12H2,(H2,21,26)(H,22,23). The Hall–Kier alpha value is -3.12. The fraction of sp³-hybridized carbons (Fsp3) is 0.200. The van der Waals surface area contributed by atoms with Crippen molar-refractivity contribution in [2.45, 2.75) is 25.9 Å². The zero-order valence-corrected chi connectivity index (χ0v) is 14.3. The molecule has 6 nitrogen and oxygen atoms in total. The summed E-state index contributed by atoms with van der Waals surface area (Å²) in [7, 11) is 0. The molecule has 5 N–H and O–H groups in total. The quantitative estimate of drug-likeness (QED) is 0.522. The Morgan fingerprint density at radius 3 is 2.46 bits per heavy atom. The number of hydrogen-bond donors (Lipinski definition) is 4. The smallest absolute Gasteiger partial charge is 0.252 e. The molecule has 0 unspecified atom stereocenters. The molecule has 0 spiro atoms. The molecule has 1 aromatic heterocycles. The average Bonchev–Trinajstić information content (AvgIpc) is 3.04. The summed E-state index contributed by atoms with van der Waals surface area (Å²) in [4.78, 5) is 12.0. The molecule has 0 fully saturated rings. The van der Waals surface area contributed by atoms with Gasteiger partial charge in [-0.15, -0.1) is 0 Å². The molecule has 1 amide bonds. The first-order valence-electron chi connectivity index (χ1n) is 8.39. The van der Waals surface area contributed by atoms with Gasteiger partial charge in [0.1, 0.15) is 5.75 Å². The van der Waals surface area contributed by atoms with Crippen molar-refractivity contribution < 1.29 is 15.0 Å². The molecule has 3 aromatic rings. The fourth-order valence-corrected chi connectivity index (χ4v) is 2.99. The first kappa shape index (κ1) is 17.7. The predicted octanol–water partition coefficient (Wildman–Crippen LogP) is 2.08. The van der Waals surface area contributed by atoms with E-state index in [2.05, 4.69) is 10.2 Å². The zero-order valence-electron chi connectivity index (χ0n) is 14.3. The van der Waals surface area contributed by atoms with Crippen molar-refractivity contribution in [2.75, 3.05) is 0 Å². The fourth-order valence-electron chi connectivity index (χ4n) is 2.99. The van der Waals surface area contributed by atoms with Crippen LogP contribution in [0.4, 0.5) is 0 Å². The number of carbonyl (C=O) groups is 1. The number of nitrogens with zero attached hydrogens (tertiary/aromatic N) is 1. The van der Waals surface area contributed by atoms with E-state index in [9.17, 15) is 15.0 Å². The Bertz CT molecular complexity index is 901. The van der Waals surface area contributed by atoms with E-state index in [0.29, 0.717) is 36.2 Å². The van der Waals surface area contributed by atoms with Crippen molar-refractivity contribution in [2.24, 2.45) is 5.73 Å². The third-order valence-corrected chi connectivity index (χ3v) is 4.30. The number of phenolic OH excluding ortho intramolecular Hbond substituents is 1. The van der Waals surface area contributed by atoms with Gasteiger partial charge in [0.25, 0.3) is 5.91 Å². The molecule has 0 radical (unpaired) electrons. The van der Waals surface area contributed by atoms with Gasteiger partial charge in [-0.1, -0.05) is 36.4 Å². The van der Waals surface area contributed by atoms with E-state index in [1.807, 2.05) is 36.4 Å². The number of aliphatic hydroxyl groups excluding tert-OH is 1. The second-order valence-electron chi connectivity index (χ2n) is 6.21. The number of aryl methyl sites for hydroxylation is 2. The SMILES string of the molecule is NC(=O)c1c(CCc2ccc(O)cc2)n[nH]c1Cc1cccc(CO)c1. The minimum Gasteiger partial charge on any atom is -0.508 e. The molecule has 0 bridgehead atoms. The molecule has 134 valence electrons. The van der Waals surface area contributed by atoms with Crippen LogP contribution in [0, 0.1) is 0 Å². The van der Waals surface area contributed by atoms with E-state index in [0.717, 1.165) is 16.7 Å². The summed E-state index contributed by atoms with van der Waals surface area (Å²) in [5.41, 5.74) is 10.1. The number of carbonyl (C=O) groups excluding carboxylic acids is 1. The highest BCUT2D eigenvalue weighted by atomic mass is 16.3. The maximum Gasteiger partial charge on any atom is 0.252 e. The van der Waals surface area contributed by atoms with Crippen LogP contribution in [-0.4, -0.2) is 26.3 Å². The van der Waals surface area contributed by atoms with E-state index in [1.165, 1.54) is 0 Å². The van der Waals surface area contributed by atoms with Crippen molar-refractivity contribution in [1.82, 2.24) is 10.2 Å². The lowest BCUT2D eigenvalue weighted by Crippen LogP contribution is -2.15. The zero-order chi connectivity index (χ0) is 18.5. The first-order valence-corrected chi connectivity index (χ1v) is 8.39. The number of benzene rings is 2. The average molecular weight is 351 g/mol. The minimum absolute atomic E-state index is 0.0304. The van der Waals surface area contributed by atoms with E-state index < -0.39 is 5.91 Å². The van der Waals surface area contributed by atoms with Crippen LogP contribution in [-0.2, 0) is 25.9 Å². The summed E-state index contributed by atoms with van der Waals surface area (Å²) in [6.45, 7) is -0.0304. The number of primary amides is 1. The largest absolute Gasteiger partial charge is 0.508 e. The number of aromatic hydroxyl groups is 1. The van der Waals surface area contributed by atoms with E-state index in [4.69, 9.17) is 5.73 Å². The van der Waals surface area contributed by atoms with Crippen LogP contribution in [0.15, 0.2) is 48.5 Å². The minimum atomic E-state index is -0.507. The van der Waals surface area contributed by atoms with Gasteiger partial charge in [-0.05, 0) is 41.7 Å². The molecular formula is C20H21N3O3. The lowest BCUT2D eigenvalue weighted by atomic mass is 10.0. The molecule has 1 heterocycles. The number of aromatic amines is 1. The van der Waals surface area contributed by atoms with Gasteiger partial charge < -0.3 is 15.9 Å². The topological polar surface area (TPSA) is 112 Å². The van der Waals surface area contributed by atoms with E-state index in [-0.39, 0.29) is 12.4 Å². The number of hydrogen-bond acceptors (Lipinski definition) is 4. The summed E-state index contributed by atoms with van der Waals surface area (Å²) in [5, 5.41) is 25.8. The number of aliphatic hydroxyl groups is 1. The first-order chi connectivity index (χ1) is 12.6. The van der Waals surface area contributed by atoms with Gasteiger partial charge in [-0.2, -0.15) is 5.10 Å². The van der Waals surface area contributed by atoms with Gasteiger partial charge in [0.15, 0.2) is 0 Å². The van der Waals surface area contributed by atoms with Gasteiger partial charge in [-0.3, -0.25) is 9.89 Å². The Labute approximate surface area is 151 Å². The molecule has 0 saturated heterocycles. The number of nitrogens with one attached hydrogen (secondary N) is 1. The number of H-pyrrole nitrogens is 1.